The summed E-state index contributed by atoms with van der Waals surface area (Å²) in [5.74, 6) is 0.631. The monoisotopic (exact) mass is 296 g/mol. The number of carbonyl (C=O) groups excluding carboxylic acids is 1. The van der Waals surface area contributed by atoms with Crippen LogP contribution in [0.25, 0.3) is 0 Å². The van der Waals surface area contributed by atoms with Gasteiger partial charge in [0.1, 0.15) is 5.41 Å². The number of amidine groups is 1. The smallest absolute Gasteiger partial charge is 0.236 e. The molecule has 1 atom stereocenters. The second-order valence-electron chi connectivity index (χ2n) is 6.73. The number of nitrogens with zero attached hydrogens (tertiary/aromatic N) is 3. The van der Waals surface area contributed by atoms with Gasteiger partial charge in [-0.15, -0.1) is 0 Å². The van der Waals surface area contributed by atoms with Gasteiger partial charge < -0.3 is 20.7 Å². The van der Waals surface area contributed by atoms with E-state index in [0.29, 0.717) is 18.8 Å². The van der Waals surface area contributed by atoms with Crippen LogP contribution in [0.1, 0.15) is 38.5 Å². The molecule has 6 nitrogen and oxygen atoms in total. The van der Waals surface area contributed by atoms with Crippen LogP contribution in [0.2, 0.25) is 0 Å². The maximum Gasteiger partial charge on any atom is 0.236 e. The highest BCUT2D eigenvalue weighted by molar-refractivity contribution is 6.06. The molecule has 21 heavy (non-hydrogen) atoms. The molecular weight excluding hydrogens is 268 g/mol. The lowest BCUT2D eigenvalue weighted by molar-refractivity contribution is -0.139. The van der Waals surface area contributed by atoms with Crippen molar-refractivity contribution in [2.45, 2.75) is 38.5 Å². The molecule has 2 fully saturated rings. The van der Waals surface area contributed by atoms with Crippen LogP contribution in [0.3, 0.4) is 0 Å². The normalized spacial score (nSPS) is 26.8. The van der Waals surface area contributed by atoms with Crippen molar-refractivity contribution in [3.05, 3.63) is 0 Å². The van der Waals surface area contributed by atoms with Gasteiger partial charge >= 0.3 is 0 Å². The van der Waals surface area contributed by atoms with Gasteiger partial charge in [0.05, 0.1) is 0 Å². The van der Waals surface area contributed by atoms with Gasteiger partial charge in [-0.3, -0.25) is 4.79 Å². The highest BCUT2D eigenvalue weighted by Crippen LogP contribution is 2.38. The fraction of sp³-hybridized carbons (Fsp3) is 0.867. The molecule has 1 unspecified atom stereocenters. The van der Waals surface area contributed by atoms with E-state index in [0.717, 1.165) is 45.3 Å². The lowest BCUT2D eigenvalue weighted by Gasteiger charge is -2.38. The van der Waals surface area contributed by atoms with Gasteiger partial charge in [-0.2, -0.15) is 0 Å². The van der Waals surface area contributed by atoms with Crippen molar-refractivity contribution in [3.8, 4) is 0 Å². The van der Waals surface area contributed by atoms with E-state index < -0.39 is 5.41 Å². The number of carbonyl (C=O) groups is 1. The summed E-state index contributed by atoms with van der Waals surface area (Å²) in [5, 5.41) is 12.3. The molecule has 0 radical (unpaired) electrons. The number of hydrogen-bond acceptors (Lipinski definition) is 4. The summed E-state index contributed by atoms with van der Waals surface area (Å²) in [7, 11) is 3.96. The van der Waals surface area contributed by atoms with Gasteiger partial charge in [0, 0.05) is 20.1 Å². The van der Waals surface area contributed by atoms with Crippen molar-refractivity contribution < 1.29 is 10.0 Å². The van der Waals surface area contributed by atoms with Gasteiger partial charge in [-0.1, -0.05) is 24.4 Å². The largest absolute Gasteiger partial charge is 0.409 e. The zero-order valence-corrected chi connectivity index (χ0v) is 13.2. The number of nitrogens with two attached hydrogens (primary N) is 1. The van der Waals surface area contributed by atoms with Crippen LogP contribution in [-0.4, -0.2) is 60.5 Å². The summed E-state index contributed by atoms with van der Waals surface area (Å²) in [6.45, 7) is 2.88. The van der Waals surface area contributed by atoms with E-state index >= 15 is 0 Å². The molecule has 6 heteroatoms. The molecule has 1 aliphatic heterocycles. The molecule has 0 aromatic rings. The molecule has 2 aliphatic rings. The lowest BCUT2D eigenvalue weighted by atomic mass is 9.72. The first-order valence-corrected chi connectivity index (χ1v) is 7.91. The summed E-state index contributed by atoms with van der Waals surface area (Å²) in [4.78, 5) is 17.0. The Morgan fingerprint density at radius 3 is 2.62 bits per heavy atom. The maximum atomic E-state index is 12.9. The Bertz CT molecular complexity index is 404. The second kappa shape index (κ2) is 6.64. The van der Waals surface area contributed by atoms with Crippen LogP contribution in [0.4, 0.5) is 0 Å². The minimum atomic E-state index is -0.785. The quantitative estimate of drug-likeness (QED) is 0.352. The van der Waals surface area contributed by atoms with Gasteiger partial charge in [0.15, 0.2) is 5.84 Å². The average molecular weight is 296 g/mol. The van der Waals surface area contributed by atoms with Crippen molar-refractivity contribution in [1.82, 2.24) is 9.80 Å². The molecule has 1 aliphatic carbocycles. The highest BCUT2D eigenvalue weighted by atomic mass is 16.4. The first kappa shape index (κ1) is 16.1. The lowest BCUT2D eigenvalue weighted by Crippen LogP contribution is -2.52. The molecule has 0 bridgehead atoms. The minimum absolute atomic E-state index is 0.0204. The molecular formula is C15H28N4O2. The average Bonchev–Trinajstić information content (AvgIpc) is 2.91. The summed E-state index contributed by atoms with van der Waals surface area (Å²) in [6.07, 6.45) is 5.55. The van der Waals surface area contributed by atoms with E-state index in [9.17, 15) is 4.79 Å². The molecule has 0 spiro atoms. The molecule has 2 rings (SSSR count). The Hall–Kier alpha value is -1.30. The third kappa shape index (κ3) is 3.31. The first-order valence-electron chi connectivity index (χ1n) is 7.91. The van der Waals surface area contributed by atoms with Crippen molar-refractivity contribution in [2.75, 3.05) is 33.7 Å². The molecule has 1 amide bonds. The highest BCUT2D eigenvalue weighted by Gasteiger charge is 2.45. The Labute approximate surface area is 127 Å². The topological polar surface area (TPSA) is 82.2 Å². The third-order valence-electron chi connectivity index (χ3n) is 5.08. The predicted octanol–water partition coefficient (Wildman–Crippen LogP) is 1.09. The number of oxime groups is 1. The number of amides is 1. The molecule has 1 saturated carbocycles. The first-order chi connectivity index (χ1) is 9.99. The minimum Gasteiger partial charge on any atom is -0.409 e. The van der Waals surface area contributed by atoms with Crippen LogP contribution in [0.5, 0.6) is 0 Å². The van der Waals surface area contributed by atoms with Crippen molar-refractivity contribution >= 4 is 11.7 Å². The van der Waals surface area contributed by atoms with Gasteiger partial charge in [-0.25, -0.2) is 0 Å². The molecule has 1 saturated heterocycles. The Morgan fingerprint density at radius 2 is 2.10 bits per heavy atom. The van der Waals surface area contributed by atoms with Crippen LogP contribution < -0.4 is 5.73 Å². The standard InChI is InChI=1S/C15H28N4O2/c1-18-9-6-12(10-18)11-19(2)14(20)15(13(16)17-21)7-4-3-5-8-15/h12,21H,3-11H2,1-2H3,(H2,16,17). The summed E-state index contributed by atoms with van der Waals surface area (Å²) < 4.78 is 0. The predicted molar refractivity (Wildman–Crippen MR) is 82.2 cm³/mol. The van der Waals surface area contributed by atoms with Gasteiger partial charge in [0.2, 0.25) is 5.91 Å². The molecule has 0 aromatic heterocycles. The summed E-state index contributed by atoms with van der Waals surface area (Å²) in [6, 6.07) is 0. The maximum absolute atomic E-state index is 12.9. The van der Waals surface area contributed by atoms with Crippen molar-refractivity contribution in [2.24, 2.45) is 22.2 Å². The number of likely N-dealkylation sites (tertiary alicyclic amines) is 1. The molecule has 0 aromatic carbocycles. The fourth-order valence-electron chi connectivity index (χ4n) is 3.84. The van der Waals surface area contributed by atoms with E-state index in [2.05, 4.69) is 17.1 Å². The fourth-order valence-corrected chi connectivity index (χ4v) is 3.84. The van der Waals surface area contributed by atoms with Gasteiger partial charge in [-0.05, 0) is 38.8 Å². The zero-order valence-electron chi connectivity index (χ0n) is 13.2. The van der Waals surface area contributed by atoms with Crippen molar-refractivity contribution in [3.63, 3.8) is 0 Å². The van der Waals surface area contributed by atoms with E-state index in [1.807, 2.05) is 7.05 Å². The van der Waals surface area contributed by atoms with E-state index in [1.54, 1.807) is 4.90 Å². The van der Waals surface area contributed by atoms with Crippen LogP contribution in [-0.2, 0) is 4.79 Å². The Balaban J connectivity index is 2.07. The Morgan fingerprint density at radius 1 is 1.43 bits per heavy atom. The van der Waals surface area contributed by atoms with Crippen LogP contribution in [0.15, 0.2) is 5.16 Å². The zero-order chi connectivity index (χ0) is 15.5. The number of rotatable bonds is 4. The molecule has 120 valence electrons. The van der Waals surface area contributed by atoms with E-state index in [-0.39, 0.29) is 11.7 Å². The second-order valence-corrected chi connectivity index (χ2v) is 6.73. The third-order valence-corrected chi connectivity index (χ3v) is 5.08. The molecule has 1 heterocycles. The van der Waals surface area contributed by atoms with Gasteiger partial charge in [0.25, 0.3) is 0 Å². The molecule has 3 N–H and O–H groups in total. The van der Waals surface area contributed by atoms with E-state index in [4.69, 9.17) is 10.9 Å². The van der Waals surface area contributed by atoms with Crippen molar-refractivity contribution in [1.29, 1.82) is 0 Å². The Kier molecular flexibility index (Phi) is 5.08. The SMILES string of the molecule is CN1CCC(CN(C)C(=O)C2(C(N)=NO)CCCCC2)C1. The van der Waals surface area contributed by atoms with E-state index in [1.165, 1.54) is 0 Å². The number of hydrogen-bond donors (Lipinski definition) is 2. The summed E-state index contributed by atoms with van der Waals surface area (Å²) >= 11 is 0. The van der Waals surface area contributed by atoms with Crippen LogP contribution >= 0.6 is 0 Å². The summed E-state index contributed by atoms with van der Waals surface area (Å²) in [5.41, 5.74) is 5.11. The van der Waals surface area contributed by atoms with Crippen LogP contribution in [0, 0.1) is 11.3 Å².